The summed E-state index contributed by atoms with van der Waals surface area (Å²) in [6.07, 6.45) is 7.20. The van der Waals surface area contributed by atoms with Crippen LogP contribution in [0.1, 0.15) is 19.3 Å². The van der Waals surface area contributed by atoms with Crippen LogP contribution in [-0.4, -0.2) is 35.7 Å². The molecule has 0 aromatic rings. The molecule has 0 spiro atoms. The normalized spacial score (nSPS) is 42.7. The van der Waals surface area contributed by atoms with Gasteiger partial charge in [0.25, 0.3) is 0 Å². The Kier molecular flexibility index (Phi) is 1.97. The Labute approximate surface area is 73.9 Å². The minimum absolute atomic E-state index is 0.374. The Morgan fingerprint density at radius 2 is 2.33 bits per heavy atom. The summed E-state index contributed by atoms with van der Waals surface area (Å²) in [5.74, 6) is 0.473. The van der Waals surface area contributed by atoms with Gasteiger partial charge in [-0.25, -0.2) is 0 Å². The van der Waals surface area contributed by atoms with E-state index < -0.39 is 0 Å². The van der Waals surface area contributed by atoms with Crippen molar-refractivity contribution in [3.05, 3.63) is 12.2 Å². The highest BCUT2D eigenvalue weighted by atomic mass is 16.3. The Morgan fingerprint density at radius 3 is 3.17 bits per heavy atom. The van der Waals surface area contributed by atoms with Crippen molar-refractivity contribution < 1.29 is 5.11 Å². The lowest BCUT2D eigenvalue weighted by atomic mass is 9.74. The summed E-state index contributed by atoms with van der Waals surface area (Å²) in [5, 5.41) is 10.2. The van der Waals surface area contributed by atoms with Crippen molar-refractivity contribution in [3.8, 4) is 0 Å². The van der Waals surface area contributed by atoms with Gasteiger partial charge in [0.2, 0.25) is 0 Å². The monoisotopic (exact) mass is 167 g/mol. The Morgan fingerprint density at radius 1 is 1.50 bits per heavy atom. The lowest BCUT2D eigenvalue weighted by Crippen LogP contribution is -2.51. The largest absolute Gasteiger partial charge is 0.389 e. The van der Waals surface area contributed by atoms with Gasteiger partial charge in [0.1, 0.15) is 0 Å². The van der Waals surface area contributed by atoms with Crippen molar-refractivity contribution in [1.29, 1.82) is 0 Å². The maximum absolute atomic E-state index is 10.2. The molecule has 0 saturated carbocycles. The maximum Gasteiger partial charge on any atom is 0.0737 e. The number of fused-ring (bicyclic) bond motifs is 1. The molecule has 1 aliphatic heterocycles. The molecule has 68 valence electrons. The first-order valence-electron chi connectivity index (χ1n) is 4.77. The molecule has 2 nitrogen and oxygen atoms in total. The van der Waals surface area contributed by atoms with E-state index in [0.717, 1.165) is 32.4 Å². The zero-order chi connectivity index (χ0) is 8.60. The van der Waals surface area contributed by atoms with Crippen LogP contribution in [0.4, 0.5) is 0 Å². The molecular formula is C10H17NO. The third-order valence-corrected chi connectivity index (χ3v) is 3.28. The van der Waals surface area contributed by atoms with Gasteiger partial charge in [0.05, 0.1) is 5.60 Å². The van der Waals surface area contributed by atoms with Gasteiger partial charge in [-0.3, -0.25) is 0 Å². The molecule has 2 heteroatoms. The third kappa shape index (κ3) is 1.29. The van der Waals surface area contributed by atoms with Gasteiger partial charge < -0.3 is 10.0 Å². The second kappa shape index (κ2) is 2.86. The number of hydrogen-bond donors (Lipinski definition) is 1. The minimum Gasteiger partial charge on any atom is -0.389 e. The first-order valence-corrected chi connectivity index (χ1v) is 4.77. The van der Waals surface area contributed by atoms with E-state index in [1.165, 1.54) is 0 Å². The molecular weight excluding hydrogens is 150 g/mol. The number of aliphatic hydroxyl groups is 1. The predicted octanol–water partition coefficient (Wildman–Crippen LogP) is 1.02. The van der Waals surface area contributed by atoms with Crippen LogP contribution in [0, 0.1) is 5.92 Å². The molecule has 1 aliphatic carbocycles. The van der Waals surface area contributed by atoms with E-state index in [4.69, 9.17) is 0 Å². The summed E-state index contributed by atoms with van der Waals surface area (Å²) in [7, 11) is 2.14. The van der Waals surface area contributed by atoms with Crippen LogP contribution in [0.15, 0.2) is 12.2 Å². The predicted molar refractivity (Wildman–Crippen MR) is 48.9 cm³/mol. The van der Waals surface area contributed by atoms with Crippen LogP contribution in [0.3, 0.4) is 0 Å². The average molecular weight is 167 g/mol. The van der Waals surface area contributed by atoms with Crippen molar-refractivity contribution in [2.75, 3.05) is 20.1 Å². The van der Waals surface area contributed by atoms with Gasteiger partial charge in [-0.1, -0.05) is 12.2 Å². The maximum atomic E-state index is 10.2. The minimum atomic E-state index is -0.374. The fraction of sp³-hybridized carbons (Fsp3) is 0.800. The third-order valence-electron chi connectivity index (χ3n) is 3.28. The van der Waals surface area contributed by atoms with Crippen molar-refractivity contribution >= 4 is 0 Å². The van der Waals surface area contributed by atoms with Crippen molar-refractivity contribution in [2.24, 2.45) is 5.92 Å². The van der Waals surface area contributed by atoms with Crippen LogP contribution in [0.2, 0.25) is 0 Å². The number of nitrogens with zero attached hydrogens (tertiary/aromatic N) is 1. The Balaban J connectivity index is 2.13. The van der Waals surface area contributed by atoms with Crippen LogP contribution >= 0.6 is 0 Å². The molecule has 1 N–H and O–H groups in total. The zero-order valence-corrected chi connectivity index (χ0v) is 7.66. The van der Waals surface area contributed by atoms with E-state index in [1.807, 2.05) is 0 Å². The van der Waals surface area contributed by atoms with Gasteiger partial charge in [-0.15, -0.1) is 0 Å². The van der Waals surface area contributed by atoms with E-state index in [0.29, 0.717) is 5.92 Å². The lowest BCUT2D eigenvalue weighted by molar-refractivity contribution is -0.0673. The SMILES string of the molecule is CN1CC[C@@]2(O)CC=CC[C@H]2C1. The lowest BCUT2D eigenvalue weighted by Gasteiger charge is -2.44. The highest BCUT2D eigenvalue weighted by molar-refractivity contribution is 5.05. The van der Waals surface area contributed by atoms with Gasteiger partial charge in [-0.2, -0.15) is 0 Å². The first kappa shape index (κ1) is 8.27. The van der Waals surface area contributed by atoms with E-state index in [1.54, 1.807) is 0 Å². The molecule has 0 unspecified atom stereocenters. The van der Waals surface area contributed by atoms with Crippen LogP contribution < -0.4 is 0 Å². The second-order valence-corrected chi connectivity index (χ2v) is 4.22. The molecule has 1 fully saturated rings. The summed E-state index contributed by atoms with van der Waals surface area (Å²) in [4.78, 5) is 2.32. The average Bonchev–Trinajstić information content (AvgIpc) is 2.06. The smallest absolute Gasteiger partial charge is 0.0737 e. The Bertz CT molecular complexity index is 202. The van der Waals surface area contributed by atoms with Gasteiger partial charge in [0, 0.05) is 19.0 Å². The highest BCUT2D eigenvalue weighted by Crippen LogP contribution is 2.36. The second-order valence-electron chi connectivity index (χ2n) is 4.22. The van der Waals surface area contributed by atoms with E-state index in [2.05, 4.69) is 24.1 Å². The number of piperidine rings is 1. The summed E-state index contributed by atoms with van der Waals surface area (Å²) < 4.78 is 0. The molecule has 0 bridgehead atoms. The van der Waals surface area contributed by atoms with Crippen LogP contribution in [0.25, 0.3) is 0 Å². The molecule has 0 aromatic carbocycles. The number of allylic oxidation sites excluding steroid dienone is 1. The van der Waals surface area contributed by atoms with Gasteiger partial charge in [-0.05, 0) is 26.3 Å². The number of rotatable bonds is 0. The molecule has 2 aliphatic rings. The molecule has 2 atom stereocenters. The summed E-state index contributed by atoms with van der Waals surface area (Å²) in [5.41, 5.74) is -0.374. The summed E-state index contributed by atoms with van der Waals surface area (Å²) >= 11 is 0. The van der Waals surface area contributed by atoms with Crippen LogP contribution in [-0.2, 0) is 0 Å². The Hall–Kier alpha value is -0.340. The molecule has 1 saturated heterocycles. The first-order chi connectivity index (χ1) is 5.71. The number of likely N-dealkylation sites (tertiary alicyclic amines) is 1. The summed E-state index contributed by atoms with van der Waals surface area (Å²) in [6.45, 7) is 2.10. The van der Waals surface area contributed by atoms with Gasteiger partial charge >= 0.3 is 0 Å². The van der Waals surface area contributed by atoms with Crippen molar-refractivity contribution in [2.45, 2.75) is 24.9 Å². The van der Waals surface area contributed by atoms with E-state index >= 15 is 0 Å². The molecule has 0 radical (unpaired) electrons. The topological polar surface area (TPSA) is 23.5 Å². The number of hydrogen-bond acceptors (Lipinski definition) is 2. The fourth-order valence-electron chi connectivity index (χ4n) is 2.34. The van der Waals surface area contributed by atoms with Crippen LogP contribution in [0.5, 0.6) is 0 Å². The highest BCUT2D eigenvalue weighted by Gasteiger charge is 2.40. The van der Waals surface area contributed by atoms with Gasteiger partial charge in [0.15, 0.2) is 0 Å². The van der Waals surface area contributed by atoms with E-state index in [9.17, 15) is 5.11 Å². The van der Waals surface area contributed by atoms with E-state index in [-0.39, 0.29) is 5.60 Å². The quantitative estimate of drug-likeness (QED) is 0.544. The molecule has 0 amide bonds. The molecule has 0 aromatic heterocycles. The molecule has 1 heterocycles. The zero-order valence-electron chi connectivity index (χ0n) is 7.66. The summed E-state index contributed by atoms with van der Waals surface area (Å²) in [6, 6.07) is 0. The van der Waals surface area contributed by atoms with Crippen molar-refractivity contribution in [3.63, 3.8) is 0 Å². The fourth-order valence-corrected chi connectivity index (χ4v) is 2.34. The molecule has 12 heavy (non-hydrogen) atoms. The molecule has 2 rings (SSSR count). The van der Waals surface area contributed by atoms with Crippen molar-refractivity contribution in [1.82, 2.24) is 4.90 Å². The standard InChI is InChI=1S/C10H17NO/c1-11-7-6-10(12)5-3-2-4-9(10)8-11/h2-3,9,12H,4-8H2,1H3/t9-,10-/m0/s1.